The summed E-state index contributed by atoms with van der Waals surface area (Å²) < 4.78 is 0. The van der Waals surface area contributed by atoms with Crippen LogP contribution in [0.15, 0.2) is 53.6 Å². The molecule has 2 N–H and O–H groups in total. The predicted molar refractivity (Wildman–Crippen MR) is 75.9 cm³/mol. The molecule has 1 aliphatic rings. The molecule has 0 aliphatic carbocycles. The van der Waals surface area contributed by atoms with Crippen molar-refractivity contribution < 1.29 is 14.9 Å². The molecule has 2 aromatic rings. The van der Waals surface area contributed by atoms with E-state index in [9.17, 15) is 14.9 Å². The summed E-state index contributed by atoms with van der Waals surface area (Å²) in [5, 5.41) is 24.1. The highest BCUT2D eigenvalue weighted by Gasteiger charge is 2.36. The maximum atomic E-state index is 12.3. The molecule has 5 nitrogen and oxygen atoms in total. The number of fused-ring (bicyclic) bond motifs is 1. The number of carbonyl (C=O) groups is 1. The van der Waals surface area contributed by atoms with Crippen LogP contribution in [-0.4, -0.2) is 34.2 Å². The Morgan fingerprint density at radius 2 is 1.85 bits per heavy atom. The number of amides is 1. The first kappa shape index (κ1) is 12.4. The van der Waals surface area contributed by atoms with Gasteiger partial charge in [-0.2, -0.15) is 5.10 Å². The minimum atomic E-state index is -1.30. The Bertz CT molecular complexity index is 688. The molecule has 2 aromatic carbocycles. The minimum Gasteiger partial charge on any atom is -0.508 e. The van der Waals surface area contributed by atoms with Crippen LogP contribution in [0.3, 0.4) is 0 Å². The first-order valence-corrected chi connectivity index (χ1v) is 6.11. The molecule has 0 radical (unpaired) electrons. The van der Waals surface area contributed by atoms with Crippen molar-refractivity contribution in [3.05, 3.63) is 59.7 Å². The van der Waals surface area contributed by atoms with Gasteiger partial charge in [0.25, 0.3) is 5.91 Å². The molecule has 0 spiro atoms. The van der Waals surface area contributed by atoms with Crippen LogP contribution in [0.2, 0.25) is 0 Å². The molecule has 20 heavy (non-hydrogen) atoms. The lowest BCUT2D eigenvalue weighted by Crippen LogP contribution is -2.52. The fourth-order valence-corrected chi connectivity index (χ4v) is 2.15. The number of aromatic hydroxyl groups is 1. The largest absolute Gasteiger partial charge is 0.508 e. The van der Waals surface area contributed by atoms with Gasteiger partial charge in [0, 0.05) is 11.0 Å². The summed E-state index contributed by atoms with van der Waals surface area (Å²) in [4.78, 5) is 13.3. The first-order valence-electron chi connectivity index (χ1n) is 6.11. The number of benzene rings is 2. The minimum absolute atomic E-state index is 0.0630. The zero-order valence-electron chi connectivity index (χ0n) is 10.5. The number of phenolic OH excluding ortho intramolecular Hbond substituents is 1. The van der Waals surface area contributed by atoms with Gasteiger partial charge in [0.05, 0.1) is 6.21 Å². The predicted octanol–water partition coefficient (Wildman–Crippen LogP) is 0.570. The first-order chi connectivity index (χ1) is 9.68. The summed E-state index contributed by atoms with van der Waals surface area (Å²) in [6.45, 7) is 0. The second kappa shape index (κ2) is 4.83. The van der Waals surface area contributed by atoms with E-state index in [1.165, 1.54) is 12.3 Å². The van der Waals surface area contributed by atoms with Gasteiger partial charge in [0.1, 0.15) is 5.75 Å². The number of hydrazone groups is 1. The quantitative estimate of drug-likeness (QED) is 0.741. The van der Waals surface area contributed by atoms with E-state index in [0.29, 0.717) is 11.1 Å². The molecule has 1 amide bonds. The fourth-order valence-electron chi connectivity index (χ4n) is 2.15. The summed E-state index contributed by atoms with van der Waals surface area (Å²) in [5.41, 5.74) is 1.30. The number of hydrogen-bond donors (Lipinski definition) is 2. The highest BCUT2D eigenvalue weighted by atomic mass is 16.3. The van der Waals surface area contributed by atoms with E-state index in [-0.39, 0.29) is 11.2 Å². The van der Waals surface area contributed by atoms with E-state index in [2.05, 4.69) is 5.10 Å². The van der Waals surface area contributed by atoms with Gasteiger partial charge >= 0.3 is 7.05 Å². The van der Waals surface area contributed by atoms with Gasteiger partial charge in [0.2, 0.25) is 0 Å². The normalized spacial score (nSPS) is 13.2. The summed E-state index contributed by atoms with van der Waals surface area (Å²) in [5.74, 6) is -0.490. The third-order valence-electron chi connectivity index (χ3n) is 3.16. The van der Waals surface area contributed by atoms with Gasteiger partial charge < -0.3 is 10.1 Å². The maximum Gasteiger partial charge on any atom is 0.478 e. The zero-order chi connectivity index (χ0) is 14.1. The fraction of sp³-hybridized carbons (Fsp3) is 0. The van der Waals surface area contributed by atoms with Gasteiger partial charge in [-0.1, -0.05) is 30.3 Å². The molecule has 1 aliphatic heterocycles. The number of nitrogens with zero attached hydrogens (tertiary/aromatic N) is 2. The van der Waals surface area contributed by atoms with Crippen molar-refractivity contribution in [2.24, 2.45) is 5.10 Å². The standard InChI is InChI=1S/C14H11BN2O3/c18-12-8-4-7-11-9-16-17(15(20)13(11)12)14(19)10-5-2-1-3-6-10/h1-9,18,20H. The second-order valence-electron chi connectivity index (χ2n) is 4.41. The Morgan fingerprint density at radius 3 is 2.60 bits per heavy atom. The monoisotopic (exact) mass is 266 g/mol. The third kappa shape index (κ3) is 1.96. The SMILES string of the molecule is O=C(c1ccccc1)N1N=Cc2cccc(O)c2B1O. The van der Waals surface area contributed by atoms with Crippen LogP contribution in [0.4, 0.5) is 0 Å². The number of phenols is 1. The Labute approximate surface area is 115 Å². The van der Waals surface area contributed by atoms with Crippen LogP contribution in [0.25, 0.3) is 0 Å². The summed E-state index contributed by atoms with van der Waals surface area (Å²) >= 11 is 0. The Morgan fingerprint density at radius 1 is 1.10 bits per heavy atom. The maximum absolute atomic E-state index is 12.3. The smallest absolute Gasteiger partial charge is 0.478 e. The molecule has 3 rings (SSSR count). The van der Waals surface area contributed by atoms with Crippen molar-refractivity contribution >= 4 is 24.6 Å². The van der Waals surface area contributed by atoms with Gasteiger partial charge in [-0.25, -0.2) is 4.92 Å². The number of carbonyl (C=O) groups excluding carboxylic acids is 1. The van der Waals surface area contributed by atoms with Crippen molar-refractivity contribution in [2.45, 2.75) is 0 Å². The molecule has 0 saturated carbocycles. The molecule has 6 heteroatoms. The molecule has 0 bridgehead atoms. The van der Waals surface area contributed by atoms with Crippen LogP contribution < -0.4 is 5.46 Å². The lowest BCUT2D eigenvalue weighted by Gasteiger charge is -2.25. The van der Waals surface area contributed by atoms with E-state index in [1.54, 1.807) is 42.5 Å². The molecule has 98 valence electrons. The molecule has 0 atom stereocenters. The van der Waals surface area contributed by atoms with Gasteiger partial charge in [-0.3, -0.25) is 4.79 Å². The zero-order valence-corrected chi connectivity index (χ0v) is 10.5. The van der Waals surface area contributed by atoms with Crippen LogP contribution in [0.5, 0.6) is 5.75 Å². The molecule has 0 aromatic heterocycles. The highest BCUT2D eigenvalue weighted by Crippen LogP contribution is 2.16. The lowest BCUT2D eigenvalue weighted by atomic mass is 9.69. The van der Waals surface area contributed by atoms with E-state index < -0.39 is 13.0 Å². The van der Waals surface area contributed by atoms with Crippen molar-refractivity contribution in [2.75, 3.05) is 0 Å². The van der Waals surface area contributed by atoms with E-state index in [0.717, 1.165) is 4.92 Å². The molecular weight excluding hydrogens is 255 g/mol. The van der Waals surface area contributed by atoms with Crippen LogP contribution in [0.1, 0.15) is 15.9 Å². The molecular formula is C14H11BN2O3. The molecule has 0 fully saturated rings. The van der Waals surface area contributed by atoms with E-state index in [4.69, 9.17) is 0 Å². The van der Waals surface area contributed by atoms with Crippen molar-refractivity contribution in [3.63, 3.8) is 0 Å². The van der Waals surface area contributed by atoms with Crippen molar-refractivity contribution in [1.29, 1.82) is 0 Å². The number of hydrogen-bond acceptors (Lipinski definition) is 4. The van der Waals surface area contributed by atoms with Gasteiger partial charge in [0.15, 0.2) is 0 Å². The average Bonchev–Trinajstić information content (AvgIpc) is 2.48. The number of rotatable bonds is 1. The summed E-state index contributed by atoms with van der Waals surface area (Å²) in [7, 11) is -1.30. The van der Waals surface area contributed by atoms with Crippen LogP contribution in [0, 0.1) is 0 Å². The van der Waals surface area contributed by atoms with Crippen LogP contribution in [-0.2, 0) is 0 Å². The Balaban J connectivity index is 1.99. The lowest BCUT2D eigenvalue weighted by molar-refractivity contribution is 0.0846. The van der Waals surface area contributed by atoms with Gasteiger partial charge in [-0.05, 0) is 23.8 Å². The van der Waals surface area contributed by atoms with Gasteiger partial charge in [-0.15, -0.1) is 0 Å². The summed E-state index contributed by atoms with van der Waals surface area (Å²) in [6, 6.07) is 13.4. The molecule has 0 saturated heterocycles. The topological polar surface area (TPSA) is 73.1 Å². The van der Waals surface area contributed by atoms with Crippen molar-refractivity contribution in [3.8, 4) is 5.75 Å². The second-order valence-corrected chi connectivity index (χ2v) is 4.41. The van der Waals surface area contributed by atoms with E-state index in [1.807, 2.05) is 0 Å². The molecule has 0 unspecified atom stereocenters. The van der Waals surface area contributed by atoms with Crippen molar-refractivity contribution in [1.82, 2.24) is 4.92 Å². The molecule has 1 heterocycles. The Hall–Kier alpha value is -2.60. The van der Waals surface area contributed by atoms with Crippen LogP contribution >= 0.6 is 0 Å². The Kier molecular flexibility index (Phi) is 3.00. The highest BCUT2D eigenvalue weighted by molar-refractivity contribution is 6.68. The average molecular weight is 266 g/mol. The van der Waals surface area contributed by atoms with E-state index >= 15 is 0 Å². The summed E-state index contributed by atoms with van der Waals surface area (Å²) in [6.07, 6.45) is 1.45. The third-order valence-corrected chi connectivity index (χ3v) is 3.16.